The lowest BCUT2D eigenvalue weighted by atomic mass is 10.2. The smallest absolute Gasteiger partial charge is 0.410 e. The highest BCUT2D eigenvalue weighted by molar-refractivity contribution is 5.42. The molecule has 1 aromatic rings. The fourth-order valence-electron chi connectivity index (χ4n) is 0.851. The number of nitrogens with zero attached hydrogens (tertiary/aromatic N) is 1. The van der Waals surface area contributed by atoms with Gasteiger partial charge in [-0.15, -0.1) is 0 Å². The second-order valence-electron chi connectivity index (χ2n) is 2.55. The number of alkyl halides is 2. The van der Waals surface area contributed by atoms with Gasteiger partial charge in [0.15, 0.2) is 0 Å². The maximum Gasteiger partial charge on any atom is 0.410 e. The summed E-state index contributed by atoms with van der Waals surface area (Å²) < 4.78 is 29.7. The van der Waals surface area contributed by atoms with Crippen LogP contribution in [0.5, 0.6) is 5.75 Å². The van der Waals surface area contributed by atoms with Crippen molar-refractivity contribution in [3.05, 3.63) is 29.8 Å². The topological polar surface area (TPSA) is 59.0 Å². The van der Waals surface area contributed by atoms with E-state index in [9.17, 15) is 8.78 Å². The first kappa shape index (κ1) is 10.4. The van der Waals surface area contributed by atoms with E-state index < -0.39 is 12.7 Å². The Hall–Kier alpha value is -1.67. The Labute approximate surface area is 79.7 Å². The van der Waals surface area contributed by atoms with E-state index in [0.717, 1.165) is 0 Å². The highest BCUT2D eigenvalue weighted by Gasteiger charge is 2.30. The van der Waals surface area contributed by atoms with Gasteiger partial charge in [-0.3, -0.25) is 0 Å². The van der Waals surface area contributed by atoms with Crippen molar-refractivity contribution in [2.45, 2.75) is 6.11 Å². The molecule has 3 nitrogen and oxygen atoms in total. The van der Waals surface area contributed by atoms with E-state index in [1.54, 1.807) is 12.1 Å². The van der Waals surface area contributed by atoms with Crippen LogP contribution in [0, 0.1) is 11.3 Å². The minimum absolute atomic E-state index is 0.0561. The third-order valence-corrected chi connectivity index (χ3v) is 1.50. The summed E-state index contributed by atoms with van der Waals surface area (Å²) in [6.07, 6.45) is -3.44. The molecule has 0 amide bonds. The van der Waals surface area contributed by atoms with Gasteiger partial charge in [0.1, 0.15) is 11.8 Å². The first-order valence-electron chi connectivity index (χ1n) is 3.85. The van der Waals surface area contributed by atoms with Gasteiger partial charge in [-0.05, 0) is 12.1 Å². The van der Waals surface area contributed by atoms with E-state index in [0.29, 0.717) is 0 Å². The molecule has 2 N–H and O–H groups in total. The summed E-state index contributed by atoms with van der Waals surface area (Å²) in [4.78, 5) is 0. The van der Waals surface area contributed by atoms with Crippen molar-refractivity contribution >= 4 is 0 Å². The van der Waals surface area contributed by atoms with Gasteiger partial charge < -0.3 is 10.5 Å². The third kappa shape index (κ3) is 2.41. The Morgan fingerprint density at radius 3 is 2.64 bits per heavy atom. The zero-order valence-corrected chi connectivity index (χ0v) is 7.21. The average Bonchev–Trinajstić information content (AvgIpc) is 2.18. The summed E-state index contributed by atoms with van der Waals surface area (Å²) in [5, 5.41) is 8.58. The predicted molar refractivity (Wildman–Crippen MR) is 45.8 cm³/mol. The monoisotopic (exact) mass is 198 g/mol. The summed E-state index contributed by atoms with van der Waals surface area (Å²) in [7, 11) is 0. The maximum absolute atomic E-state index is 12.7. The molecule has 0 saturated carbocycles. The average molecular weight is 198 g/mol. The molecular formula is C9H8F2N2O. The van der Waals surface area contributed by atoms with E-state index in [2.05, 4.69) is 4.74 Å². The molecule has 14 heavy (non-hydrogen) atoms. The van der Waals surface area contributed by atoms with Gasteiger partial charge in [-0.25, -0.2) is 0 Å². The van der Waals surface area contributed by atoms with Crippen molar-refractivity contribution < 1.29 is 13.5 Å². The first-order valence-corrected chi connectivity index (χ1v) is 3.85. The summed E-state index contributed by atoms with van der Waals surface area (Å²) in [5.41, 5.74) is 4.84. The molecule has 0 aliphatic carbocycles. The number of rotatable bonds is 3. The van der Waals surface area contributed by atoms with Gasteiger partial charge in [-0.1, -0.05) is 12.1 Å². The molecule has 0 atom stereocenters. The number of ether oxygens (including phenoxy) is 1. The molecule has 0 saturated heterocycles. The molecule has 0 unspecified atom stereocenters. The van der Waals surface area contributed by atoms with Crippen molar-refractivity contribution in [1.29, 1.82) is 5.26 Å². The van der Waals surface area contributed by atoms with E-state index in [4.69, 9.17) is 11.0 Å². The Morgan fingerprint density at radius 1 is 1.43 bits per heavy atom. The quantitative estimate of drug-likeness (QED) is 0.800. The van der Waals surface area contributed by atoms with Gasteiger partial charge in [0.05, 0.1) is 12.1 Å². The van der Waals surface area contributed by atoms with Gasteiger partial charge in [0, 0.05) is 0 Å². The van der Waals surface area contributed by atoms with Crippen LogP contribution < -0.4 is 10.5 Å². The molecule has 0 aliphatic rings. The summed E-state index contributed by atoms with van der Waals surface area (Å²) >= 11 is 0. The van der Waals surface area contributed by atoms with Crippen molar-refractivity contribution in [3.63, 3.8) is 0 Å². The van der Waals surface area contributed by atoms with Crippen molar-refractivity contribution in [1.82, 2.24) is 0 Å². The minimum atomic E-state index is -3.44. The summed E-state index contributed by atoms with van der Waals surface area (Å²) in [6, 6.07) is 7.49. The SMILES string of the molecule is N#Cc1ccccc1OC(F)(F)CN. The standard InChI is InChI=1S/C9H8F2N2O/c10-9(11,6-13)14-8-4-2-1-3-7(8)5-12/h1-4H,6,13H2. The Balaban J connectivity index is 2.92. The van der Waals surface area contributed by atoms with Crippen LogP contribution in [-0.4, -0.2) is 12.7 Å². The van der Waals surface area contributed by atoms with E-state index >= 15 is 0 Å². The molecule has 0 aliphatic heterocycles. The molecule has 0 radical (unpaired) electrons. The number of halogens is 2. The predicted octanol–water partition coefficient (Wildman–Crippen LogP) is 1.49. The largest absolute Gasteiger partial charge is 0.430 e. The van der Waals surface area contributed by atoms with Gasteiger partial charge in [0.2, 0.25) is 0 Å². The number of hydrogen-bond donors (Lipinski definition) is 1. The van der Waals surface area contributed by atoms with Crippen LogP contribution >= 0.6 is 0 Å². The highest BCUT2D eigenvalue weighted by atomic mass is 19.3. The van der Waals surface area contributed by atoms with Gasteiger partial charge in [0.25, 0.3) is 0 Å². The third-order valence-electron chi connectivity index (χ3n) is 1.50. The molecule has 1 aromatic carbocycles. The Kier molecular flexibility index (Phi) is 2.99. The Morgan fingerprint density at radius 2 is 2.07 bits per heavy atom. The van der Waals surface area contributed by atoms with Crippen LogP contribution in [0.25, 0.3) is 0 Å². The summed E-state index contributed by atoms with van der Waals surface area (Å²) in [6.45, 7) is -0.924. The first-order chi connectivity index (χ1) is 6.59. The van der Waals surface area contributed by atoms with Crippen molar-refractivity contribution in [3.8, 4) is 11.8 Å². The number of nitrogens with two attached hydrogens (primary N) is 1. The van der Waals surface area contributed by atoms with Crippen molar-refractivity contribution in [2.75, 3.05) is 6.54 Å². The van der Waals surface area contributed by atoms with Crippen LogP contribution in [0.15, 0.2) is 24.3 Å². The van der Waals surface area contributed by atoms with Crippen LogP contribution in [0.4, 0.5) is 8.78 Å². The zero-order chi connectivity index (χ0) is 10.6. The number of para-hydroxylation sites is 1. The van der Waals surface area contributed by atoms with Crippen LogP contribution in [0.3, 0.4) is 0 Å². The molecule has 0 heterocycles. The Bertz CT molecular complexity index is 360. The summed E-state index contributed by atoms with van der Waals surface area (Å²) in [5.74, 6) is -0.162. The van der Waals surface area contributed by atoms with Crippen molar-refractivity contribution in [2.24, 2.45) is 5.73 Å². The number of nitriles is 1. The number of hydrogen-bond acceptors (Lipinski definition) is 3. The molecular weight excluding hydrogens is 190 g/mol. The lowest BCUT2D eigenvalue weighted by molar-refractivity contribution is -0.166. The van der Waals surface area contributed by atoms with E-state index in [1.165, 1.54) is 18.2 Å². The zero-order valence-electron chi connectivity index (χ0n) is 7.21. The lowest BCUT2D eigenvalue weighted by Gasteiger charge is -2.16. The second-order valence-corrected chi connectivity index (χ2v) is 2.55. The molecule has 0 aromatic heterocycles. The fraction of sp³-hybridized carbons (Fsp3) is 0.222. The lowest BCUT2D eigenvalue weighted by Crippen LogP contribution is -2.34. The van der Waals surface area contributed by atoms with Crippen LogP contribution in [0.2, 0.25) is 0 Å². The molecule has 74 valence electrons. The van der Waals surface area contributed by atoms with E-state index in [1.807, 2.05) is 0 Å². The normalized spacial score (nSPS) is 10.7. The van der Waals surface area contributed by atoms with Crippen LogP contribution in [0.1, 0.15) is 5.56 Å². The van der Waals surface area contributed by atoms with E-state index in [-0.39, 0.29) is 11.3 Å². The van der Waals surface area contributed by atoms with Gasteiger partial charge in [-0.2, -0.15) is 14.0 Å². The minimum Gasteiger partial charge on any atom is -0.430 e. The van der Waals surface area contributed by atoms with Gasteiger partial charge >= 0.3 is 6.11 Å². The molecule has 0 spiro atoms. The second kappa shape index (κ2) is 4.03. The number of benzene rings is 1. The maximum atomic E-state index is 12.7. The van der Waals surface area contributed by atoms with Crippen LogP contribution in [-0.2, 0) is 0 Å². The molecule has 5 heteroatoms. The highest BCUT2D eigenvalue weighted by Crippen LogP contribution is 2.23. The molecule has 0 bridgehead atoms. The fourth-order valence-corrected chi connectivity index (χ4v) is 0.851. The molecule has 0 fully saturated rings. The molecule has 1 rings (SSSR count).